The highest BCUT2D eigenvalue weighted by Gasteiger charge is 2.22. The number of carbonyl (C=O) groups is 1. The van der Waals surface area contributed by atoms with Gasteiger partial charge in [0.2, 0.25) is 0 Å². The van der Waals surface area contributed by atoms with Gasteiger partial charge in [0.05, 0.1) is 4.92 Å². The first-order chi connectivity index (χ1) is 9.61. The molecule has 0 spiro atoms. The molecule has 1 saturated heterocycles. The monoisotopic (exact) mass is 279 g/mol. The lowest BCUT2D eigenvalue weighted by Gasteiger charge is -2.23. The largest absolute Gasteiger partial charge is 0.483 e. The summed E-state index contributed by atoms with van der Waals surface area (Å²) in [7, 11) is 1.48. The second kappa shape index (κ2) is 6.33. The summed E-state index contributed by atoms with van der Waals surface area (Å²) in [5.74, 6) is -0.143. The summed E-state index contributed by atoms with van der Waals surface area (Å²) in [6.45, 7) is 1.68. The van der Waals surface area contributed by atoms with E-state index in [1.807, 2.05) is 0 Å². The molecule has 1 aromatic carbocycles. The number of amides is 1. The third-order valence-electron chi connectivity index (χ3n) is 3.22. The Morgan fingerprint density at radius 2 is 2.15 bits per heavy atom. The molecule has 1 aliphatic heterocycles. The Bertz CT molecular complexity index is 512. The van der Waals surface area contributed by atoms with Gasteiger partial charge in [-0.25, -0.2) is 0 Å². The maximum Gasteiger partial charge on any atom is 0.311 e. The van der Waals surface area contributed by atoms with Crippen LogP contribution in [-0.4, -0.2) is 37.1 Å². The summed E-state index contributed by atoms with van der Waals surface area (Å²) in [5.41, 5.74) is 0.0708. The van der Waals surface area contributed by atoms with Crippen LogP contribution in [0.3, 0.4) is 0 Å². The summed E-state index contributed by atoms with van der Waals surface area (Å²) in [4.78, 5) is 22.1. The molecule has 0 aliphatic carbocycles. The zero-order valence-electron chi connectivity index (χ0n) is 11.2. The lowest BCUT2D eigenvalue weighted by Crippen LogP contribution is -2.34. The molecule has 0 unspecified atom stereocenters. The molecule has 7 heteroatoms. The normalized spacial score (nSPS) is 15.7. The van der Waals surface area contributed by atoms with Gasteiger partial charge in [0.15, 0.2) is 5.75 Å². The second-order valence-corrected chi connectivity index (χ2v) is 4.59. The van der Waals surface area contributed by atoms with E-state index < -0.39 is 4.92 Å². The molecule has 0 atom stereocenters. The minimum absolute atomic E-state index is 0.0270. The average Bonchev–Trinajstić information content (AvgIpc) is 2.47. The minimum atomic E-state index is -0.525. The molecule has 1 heterocycles. The Balaban J connectivity index is 2.23. The average molecular weight is 279 g/mol. The first-order valence-corrected chi connectivity index (χ1v) is 6.49. The highest BCUT2D eigenvalue weighted by Crippen LogP contribution is 2.30. The van der Waals surface area contributed by atoms with E-state index in [9.17, 15) is 14.9 Å². The number of ether oxygens (including phenoxy) is 1. The summed E-state index contributed by atoms with van der Waals surface area (Å²) in [6, 6.07) is 4.27. The zero-order valence-corrected chi connectivity index (χ0v) is 11.2. The number of nitro groups is 1. The fourth-order valence-corrected chi connectivity index (χ4v) is 2.14. The van der Waals surface area contributed by atoms with Gasteiger partial charge in [-0.05, 0) is 38.1 Å². The standard InChI is InChI=1S/C13H17N3O4/c1-14-13(17)9-2-3-12(11(8-9)16(18)19)20-10-4-6-15-7-5-10/h2-3,8,10,15H,4-7H2,1H3,(H,14,17). The third kappa shape index (κ3) is 3.24. The van der Waals surface area contributed by atoms with Crippen LogP contribution in [0.5, 0.6) is 5.75 Å². The number of hydrogen-bond donors (Lipinski definition) is 2. The number of nitrogens with one attached hydrogen (secondary N) is 2. The fourth-order valence-electron chi connectivity index (χ4n) is 2.14. The number of hydrogen-bond acceptors (Lipinski definition) is 5. The molecular weight excluding hydrogens is 262 g/mol. The van der Waals surface area contributed by atoms with E-state index in [1.165, 1.54) is 25.2 Å². The Kier molecular flexibility index (Phi) is 4.52. The van der Waals surface area contributed by atoms with Crippen molar-refractivity contribution in [3.8, 4) is 5.75 Å². The van der Waals surface area contributed by atoms with Crippen molar-refractivity contribution >= 4 is 11.6 Å². The molecule has 0 bridgehead atoms. The van der Waals surface area contributed by atoms with E-state index in [2.05, 4.69) is 10.6 Å². The Morgan fingerprint density at radius 3 is 2.75 bits per heavy atom. The Morgan fingerprint density at radius 1 is 1.45 bits per heavy atom. The van der Waals surface area contributed by atoms with Crippen molar-refractivity contribution in [1.82, 2.24) is 10.6 Å². The zero-order chi connectivity index (χ0) is 14.5. The number of nitro benzene ring substituents is 1. The SMILES string of the molecule is CNC(=O)c1ccc(OC2CCNCC2)c([N+](=O)[O-])c1. The molecule has 20 heavy (non-hydrogen) atoms. The highest BCUT2D eigenvalue weighted by molar-refractivity contribution is 5.94. The molecule has 1 fully saturated rings. The number of nitrogens with zero attached hydrogens (tertiary/aromatic N) is 1. The van der Waals surface area contributed by atoms with Crippen molar-refractivity contribution < 1.29 is 14.5 Å². The molecule has 2 N–H and O–H groups in total. The van der Waals surface area contributed by atoms with Gasteiger partial charge in [-0.15, -0.1) is 0 Å². The molecule has 0 radical (unpaired) electrons. The summed E-state index contributed by atoms with van der Waals surface area (Å²) >= 11 is 0. The van der Waals surface area contributed by atoms with Crippen LogP contribution >= 0.6 is 0 Å². The maximum atomic E-state index is 11.5. The van der Waals surface area contributed by atoms with E-state index in [0.29, 0.717) is 0 Å². The Labute approximate surface area is 116 Å². The first-order valence-electron chi connectivity index (χ1n) is 6.49. The highest BCUT2D eigenvalue weighted by atomic mass is 16.6. The first kappa shape index (κ1) is 14.3. The van der Waals surface area contributed by atoms with E-state index in [1.54, 1.807) is 0 Å². The van der Waals surface area contributed by atoms with Gasteiger partial charge < -0.3 is 15.4 Å². The molecule has 1 aromatic rings. The van der Waals surface area contributed by atoms with E-state index >= 15 is 0 Å². The topological polar surface area (TPSA) is 93.5 Å². The van der Waals surface area contributed by atoms with Crippen molar-refractivity contribution in [2.75, 3.05) is 20.1 Å². The van der Waals surface area contributed by atoms with Gasteiger partial charge in [0, 0.05) is 18.7 Å². The van der Waals surface area contributed by atoms with Crippen molar-refractivity contribution in [1.29, 1.82) is 0 Å². The number of rotatable bonds is 4. The van der Waals surface area contributed by atoms with Crippen molar-refractivity contribution in [3.63, 3.8) is 0 Å². The molecule has 1 amide bonds. The third-order valence-corrected chi connectivity index (χ3v) is 3.22. The molecule has 7 nitrogen and oxygen atoms in total. The minimum Gasteiger partial charge on any atom is -0.483 e. The smallest absolute Gasteiger partial charge is 0.311 e. The molecule has 0 aromatic heterocycles. The van der Waals surface area contributed by atoms with Crippen LogP contribution in [0.2, 0.25) is 0 Å². The van der Waals surface area contributed by atoms with Crippen LogP contribution in [0.15, 0.2) is 18.2 Å². The van der Waals surface area contributed by atoms with E-state index in [-0.39, 0.29) is 29.0 Å². The van der Waals surface area contributed by atoms with Gasteiger partial charge in [-0.1, -0.05) is 0 Å². The quantitative estimate of drug-likeness (QED) is 0.635. The maximum absolute atomic E-state index is 11.5. The lowest BCUT2D eigenvalue weighted by atomic mass is 10.1. The number of carbonyl (C=O) groups excluding carboxylic acids is 1. The van der Waals surface area contributed by atoms with Gasteiger partial charge in [-0.2, -0.15) is 0 Å². The van der Waals surface area contributed by atoms with Crippen LogP contribution in [0.4, 0.5) is 5.69 Å². The van der Waals surface area contributed by atoms with Crippen LogP contribution in [0.25, 0.3) is 0 Å². The molecule has 1 aliphatic rings. The predicted octanol–water partition coefficient (Wildman–Crippen LogP) is 1.09. The van der Waals surface area contributed by atoms with Gasteiger partial charge in [-0.3, -0.25) is 14.9 Å². The molecule has 108 valence electrons. The van der Waals surface area contributed by atoms with Crippen LogP contribution < -0.4 is 15.4 Å². The van der Waals surface area contributed by atoms with E-state index in [0.717, 1.165) is 25.9 Å². The van der Waals surface area contributed by atoms with Crippen LogP contribution in [0, 0.1) is 10.1 Å². The predicted molar refractivity (Wildman–Crippen MR) is 73.0 cm³/mol. The number of benzene rings is 1. The van der Waals surface area contributed by atoms with Crippen molar-refractivity contribution in [2.45, 2.75) is 18.9 Å². The molecular formula is C13H17N3O4. The van der Waals surface area contributed by atoms with Gasteiger partial charge >= 0.3 is 5.69 Å². The number of piperidine rings is 1. The van der Waals surface area contributed by atoms with Gasteiger partial charge in [0.1, 0.15) is 6.10 Å². The molecule has 2 rings (SSSR count). The van der Waals surface area contributed by atoms with Gasteiger partial charge in [0.25, 0.3) is 5.91 Å². The second-order valence-electron chi connectivity index (χ2n) is 4.59. The summed E-state index contributed by atoms with van der Waals surface area (Å²) in [6.07, 6.45) is 1.60. The summed E-state index contributed by atoms with van der Waals surface area (Å²) in [5, 5.41) is 16.7. The van der Waals surface area contributed by atoms with Crippen LogP contribution in [0.1, 0.15) is 23.2 Å². The fraction of sp³-hybridized carbons (Fsp3) is 0.462. The summed E-state index contributed by atoms with van der Waals surface area (Å²) < 4.78 is 5.70. The van der Waals surface area contributed by atoms with Crippen molar-refractivity contribution in [2.24, 2.45) is 0 Å². The molecule has 0 saturated carbocycles. The lowest BCUT2D eigenvalue weighted by molar-refractivity contribution is -0.386. The van der Waals surface area contributed by atoms with E-state index in [4.69, 9.17) is 4.74 Å². The van der Waals surface area contributed by atoms with Crippen molar-refractivity contribution in [3.05, 3.63) is 33.9 Å². The van der Waals surface area contributed by atoms with Crippen LogP contribution in [-0.2, 0) is 0 Å². The Hall–Kier alpha value is -2.15.